The zero-order valence-electron chi connectivity index (χ0n) is 19.1. The number of benzene rings is 1. The Morgan fingerprint density at radius 3 is 2.79 bits per heavy atom. The lowest BCUT2D eigenvalue weighted by molar-refractivity contribution is 0.102. The second-order valence-corrected chi connectivity index (χ2v) is 9.44. The minimum atomic E-state index is -0.497. The Labute approximate surface area is 196 Å². The number of rotatable bonds is 4. The Morgan fingerprint density at radius 2 is 2.00 bits per heavy atom. The van der Waals surface area contributed by atoms with E-state index >= 15 is 0 Å². The van der Waals surface area contributed by atoms with Crippen molar-refractivity contribution in [1.29, 1.82) is 0 Å². The summed E-state index contributed by atoms with van der Waals surface area (Å²) in [6.07, 6.45) is 9.72. The number of hydrogen-bond acceptors (Lipinski definition) is 6. The first-order valence-corrected chi connectivity index (χ1v) is 11.7. The van der Waals surface area contributed by atoms with E-state index in [4.69, 9.17) is 0 Å². The Morgan fingerprint density at radius 1 is 1.21 bits per heavy atom. The number of pyridine rings is 1. The normalized spacial score (nSPS) is 21.8. The molecule has 6 rings (SSSR count). The largest absolute Gasteiger partial charge is 0.371 e. The van der Waals surface area contributed by atoms with Crippen LogP contribution in [0.1, 0.15) is 41.7 Å². The molecule has 0 saturated carbocycles. The molecule has 2 aliphatic heterocycles. The van der Waals surface area contributed by atoms with Gasteiger partial charge in [0.2, 0.25) is 0 Å². The first-order valence-electron chi connectivity index (χ1n) is 11.7. The molecule has 174 valence electrons. The van der Waals surface area contributed by atoms with E-state index in [1.54, 1.807) is 36.0 Å². The molecule has 9 heteroatoms. The van der Waals surface area contributed by atoms with Crippen molar-refractivity contribution in [2.24, 2.45) is 0 Å². The maximum absolute atomic E-state index is 14.5. The molecule has 34 heavy (non-hydrogen) atoms. The molecule has 3 atom stereocenters. The Kier molecular flexibility index (Phi) is 4.95. The molecular formula is C25H26FN7O. The number of anilines is 2. The number of nitrogens with zero attached hydrogens (tertiary/aromatic N) is 5. The van der Waals surface area contributed by atoms with Gasteiger partial charge in [-0.2, -0.15) is 5.10 Å². The molecule has 0 spiro atoms. The fraction of sp³-hybridized carbons (Fsp3) is 0.360. The second-order valence-electron chi connectivity index (χ2n) is 9.44. The molecular weight excluding hydrogens is 433 g/mol. The monoisotopic (exact) mass is 459 g/mol. The van der Waals surface area contributed by atoms with Crippen molar-refractivity contribution in [3.8, 4) is 0 Å². The van der Waals surface area contributed by atoms with Crippen molar-refractivity contribution >= 4 is 33.8 Å². The molecule has 4 aromatic rings. The van der Waals surface area contributed by atoms with Gasteiger partial charge >= 0.3 is 0 Å². The summed E-state index contributed by atoms with van der Waals surface area (Å²) < 4.78 is 16.0. The number of fused-ring (bicyclic) bond motifs is 4. The summed E-state index contributed by atoms with van der Waals surface area (Å²) in [5, 5.41) is 15.7. The number of amides is 1. The van der Waals surface area contributed by atoms with Crippen LogP contribution in [0.15, 0.2) is 42.9 Å². The van der Waals surface area contributed by atoms with Gasteiger partial charge in [-0.25, -0.2) is 9.37 Å². The predicted octanol–water partition coefficient (Wildman–Crippen LogP) is 3.70. The van der Waals surface area contributed by atoms with Gasteiger partial charge in [0.25, 0.3) is 5.91 Å². The van der Waals surface area contributed by atoms with Crippen molar-refractivity contribution < 1.29 is 9.18 Å². The minimum absolute atomic E-state index is 0.227. The van der Waals surface area contributed by atoms with Gasteiger partial charge < -0.3 is 19.9 Å². The van der Waals surface area contributed by atoms with Crippen LogP contribution in [0, 0.1) is 12.7 Å². The van der Waals surface area contributed by atoms with Crippen LogP contribution in [0.4, 0.5) is 15.8 Å². The molecule has 5 heterocycles. The molecule has 2 bridgehead atoms. The number of nitrogens with one attached hydrogen (secondary N) is 2. The quantitative estimate of drug-likeness (QED) is 0.484. The Hall–Kier alpha value is -3.59. The van der Waals surface area contributed by atoms with Crippen molar-refractivity contribution in [3.63, 3.8) is 0 Å². The molecule has 3 aromatic heterocycles. The van der Waals surface area contributed by atoms with Crippen LogP contribution >= 0.6 is 0 Å². The van der Waals surface area contributed by atoms with Gasteiger partial charge in [0.15, 0.2) is 11.5 Å². The van der Waals surface area contributed by atoms with E-state index in [0.29, 0.717) is 40.6 Å². The predicted molar refractivity (Wildman–Crippen MR) is 129 cm³/mol. The Balaban J connectivity index is 1.32. The van der Waals surface area contributed by atoms with Crippen molar-refractivity contribution in [2.75, 3.05) is 17.3 Å². The molecule has 1 aromatic carbocycles. The SMILES string of the molecule is Cc1cn2cc(NC(=O)c3ccc(N(C)C4C[C@H]5CC[C@@H](C4)N5)c4ccnnc34)cc(F)c2n1. The second kappa shape index (κ2) is 8.02. The topological polar surface area (TPSA) is 87.5 Å². The number of halogens is 1. The number of imidazole rings is 1. The molecule has 2 N–H and O–H groups in total. The lowest BCUT2D eigenvalue weighted by Crippen LogP contribution is -2.47. The number of aromatic nitrogens is 4. The summed E-state index contributed by atoms with van der Waals surface area (Å²) in [7, 11) is 2.12. The summed E-state index contributed by atoms with van der Waals surface area (Å²) in [4.78, 5) is 19.7. The average Bonchev–Trinajstić information content (AvgIpc) is 3.38. The summed E-state index contributed by atoms with van der Waals surface area (Å²) in [5.41, 5.74) is 3.23. The first kappa shape index (κ1) is 21.0. The third-order valence-electron chi connectivity index (χ3n) is 7.16. The maximum Gasteiger partial charge on any atom is 0.257 e. The third-order valence-corrected chi connectivity index (χ3v) is 7.16. The van der Waals surface area contributed by atoms with Gasteiger partial charge in [-0.05, 0) is 50.8 Å². The molecule has 2 fully saturated rings. The van der Waals surface area contributed by atoms with Crippen LogP contribution in [-0.4, -0.2) is 50.7 Å². The van der Waals surface area contributed by atoms with Crippen LogP contribution in [0.2, 0.25) is 0 Å². The Bertz CT molecular complexity index is 1410. The van der Waals surface area contributed by atoms with Crippen LogP contribution in [0.25, 0.3) is 16.6 Å². The number of hydrogen-bond donors (Lipinski definition) is 2. The van der Waals surface area contributed by atoms with E-state index in [1.165, 1.54) is 18.9 Å². The highest BCUT2D eigenvalue weighted by molar-refractivity contribution is 6.13. The highest BCUT2D eigenvalue weighted by Gasteiger charge is 2.35. The summed E-state index contributed by atoms with van der Waals surface area (Å²) >= 11 is 0. The molecule has 0 aliphatic carbocycles. The average molecular weight is 460 g/mol. The van der Waals surface area contributed by atoms with E-state index in [2.05, 4.69) is 37.8 Å². The van der Waals surface area contributed by atoms with Crippen molar-refractivity contribution in [3.05, 3.63) is 59.9 Å². The van der Waals surface area contributed by atoms with E-state index in [1.807, 2.05) is 12.1 Å². The fourth-order valence-electron chi connectivity index (χ4n) is 5.55. The number of aryl methyl sites for hydroxylation is 1. The van der Waals surface area contributed by atoms with E-state index in [0.717, 1.165) is 23.9 Å². The highest BCUT2D eigenvalue weighted by Crippen LogP contribution is 2.35. The standard InChI is InChI=1S/C25H26FN7O/c1-14-12-33-13-17(11-21(26)24(33)28-14)30-25(34)20-5-6-22(19-7-8-27-31-23(19)20)32(2)18-9-15-3-4-16(10-18)29-15/h5-8,11-13,15-16,18,29H,3-4,9-10H2,1-2H3,(H,30,34)/t15-,16+,18?. The lowest BCUT2D eigenvalue weighted by atomic mass is 9.97. The number of carbonyl (C=O) groups is 1. The van der Waals surface area contributed by atoms with Gasteiger partial charge in [0, 0.05) is 54.7 Å². The smallest absolute Gasteiger partial charge is 0.257 e. The summed E-state index contributed by atoms with van der Waals surface area (Å²) in [6, 6.07) is 8.54. The fourth-order valence-corrected chi connectivity index (χ4v) is 5.55. The summed E-state index contributed by atoms with van der Waals surface area (Å²) in [6.45, 7) is 1.79. The first-order chi connectivity index (χ1) is 16.5. The van der Waals surface area contributed by atoms with Crippen LogP contribution in [-0.2, 0) is 0 Å². The minimum Gasteiger partial charge on any atom is -0.371 e. The molecule has 0 radical (unpaired) electrons. The zero-order chi connectivity index (χ0) is 23.4. The number of carbonyl (C=O) groups excluding carboxylic acids is 1. The summed E-state index contributed by atoms with van der Waals surface area (Å²) in [5.74, 6) is -0.862. The molecule has 2 aliphatic rings. The molecule has 8 nitrogen and oxygen atoms in total. The zero-order valence-corrected chi connectivity index (χ0v) is 19.1. The molecule has 2 saturated heterocycles. The third kappa shape index (κ3) is 3.56. The maximum atomic E-state index is 14.5. The van der Waals surface area contributed by atoms with Gasteiger partial charge in [-0.3, -0.25) is 4.79 Å². The van der Waals surface area contributed by atoms with Gasteiger partial charge in [0.05, 0.1) is 23.1 Å². The lowest BCUT2D eigenvalue weighted by Gasteiger charge is -2.37. The van der Waals surface area contributed by atoms with Crippen LogP contribution < -0.4 is 15.5 Å². The van der Waals surface area contributed by atoms with Crippen LogP contribution in [0.5, 0.6) is 0 Å². The molecule has 1 amide bonds. The van der Waals surface area contributed by atoms with Gasteiger partial charge in [-0.1, -0.05) is 0 Å². The van der Waals surface area contributed by atoms with Gasteiger partial charge in [0.1, 0.15) is 5.52 Å². The van der Waals surface area contributed by atoms with E-state index < -0.39 is 5.82 Å². The molecule has 1 unspecified atom stereocenters. The van der Waals surface area contributed by atoms with Crippen molar-refractivity contribution in [1.82, 2.24) is 24.9 Å². The van der Waals surface area contributed by atoms with Crippen molar-refractivity contribution in [2.45, 2.75) is 50.7 Å². The highest BCUT2D eigenvalue weighted by atomic mass is 19.1. The van der Waals surface area contributed by atoms with Gasteiger partial charge in [-0.15, -0.1) is 5.10 Å². The van der Waals surface area contributed by atoms with Crippen LogP contribution in [0.3, 0.4) is 0 Å². The number of piperidine rings is 1. The van der Waals surface area contributed by atoms with E-state index in [9.17, 15) is 9.18 Å². The van der Waals surface area contributed by atoms with E-state index in [-0.39, 0.29) is 11.6 Å².